The van der Waals surface area contributed by atoms with Gasteiger partial charge in [-0.05, 0) is 100.0 Å². The number of halogens is 1. The minimum Gasteiger partial charge on any atom is -0.457 e. The van der Waals surface area contributed by atoms with E-state index in [9.17, 15) is 5.11 Å². The Bertz CT molecular complexity index is 2100. The first-order valence-electron chi connectivity index (χ1n) is 15.0. The maximum absolute atomic E-state index is 10.2. The summed E-state index contributed by atoms with van der Waals surface area (Å²) in [6, 6.07) is 22.5. The van der Waals surface area contributed by atoms with Gasteiger partial charge < -0.3 is 30.4 Å². The molecule has 0 fully saturated rings. The van der Waals surface area contributed by atoms with Gasteiger partial charge in [0.1, 0.15) is 34.8 Å². The van der Waals surface area contributed by atoms with E-state index in [0.717, 1.165) is 44.3 Å². The van der Waals surface area contributed by atoms with E-state index >= 15 is 0 Å². The SMILES string of the molecule is CC(C)NC(=N)c1ccc2nc(-c3ccc(Oc4ccc(-c5nc6ccc(C(=N)NC(C)C)cc6[nH]5)c(CO)c4)cc3Cl)[nH]c2c1. The van der Waals surface area contributed by atoms with Crippen LogP contribution in [0.2, 0.25) is 5.02 Å². The van der Waals surface area contributed by atoms with Crippen molar-refractivity contribution in [3.63, 3.8) is 0 Å². The zero-order valence-corrected chi connectivity index (χ0v) is 26.7. The second kappa shape index (κ2) is 12.7. The highest BCUT2D eigenvalue weighted by Gasteiger charge is 2.15. The average Bonchev–Trinajstić information content (AvgIpc) is 3.63. The number of amidine groups is 2. The van der Waals surface area contributed by atoms with Gasteiger partial charge in [-0.15, -0.1) is 0 Å². The summed E-state index contributed by atoms with van der Waals surface area (Å²) in [6.07, 6.45) is 0. The summed E-state index contributed by atoms with van der Waals surface area (Å²) in [5.74, 6) is 3.01. The van der Waals surface area contributed by atoms with E-state index in [1.54, 1.807) is 12.1 Å². The number of nitrogens with zero attached hydrogens (tertiary/aromatic N) is 2. The van der Waals surface area contributed by atoms with Gasteiger partial charge in [0.25, 0.3) is 0 Å². The van der Waals surface area contributed by atoms with E-state index in [2.05, 4.69) is 20.6 Å². The Morgan fingerprint density at radius 1 is 0.739 bits per heavy atom. The minimum atomic E-state index is -0.210. The van der Waals surface area contributed by atoms with Gasteiger partial charge in [0, 0.05) is 40.4 Å². The van der Waals surface area contributed by atoms with Crippen LogP contribution in [0.5, 0.6) is 11.5 Å². The molecule has 0 spiro atoms. The van der Waals surface area contributed by atoms with E-state index in [1.807, 2.05) is 88.4 Å². The van der Waals surface area contributed by atoms with Crippen LogP contribution in [0.25, 0.3) is 44.8 Å². The van der Waals surface area contributed by atoms with Crippen LogP contribution in [0.1, 0.15) is 44.4 Å². The molecule has 0 aliphatic carbocycles. The first kappa shape index (κ1) is 30.8. The number of nitrogens with one attached hydrogen (secondary N) is 6. The molecular weight excluding hydrogens is 600 g/mol. The van der Waals surface area contributed by atoms with Gasteiger partial charge in [0.05, 0.1) is 33.7 Å². The topological polar surface area (TPSA) is 159 Å². The molecule has 0 radical (unpaired) electrons. The lowest BCUT2D eigenvalue weighted by atomic mass is 10.1. The summed E-state index contributed by atoms with van der Waals surface area (Å²) >= 11 is 6.70. The van der Waals surface area contributed by atoms with Gasteiger partial charge in [0.2, 0.25) is 0 Å². The minimum absolute atomic E-state index is 0.155. The second-order valence-electron chi connectivity index (χ2n) is 11.7. The normalized spacial score (nSPS) is 11.5. The number of aromatic amines is 2. The molecular formula is C35H35ClN8O2. The fourth-order valence-corrected chi connectivity index (χ4v) is 5.47. The number of aliphatic hydroxyl groups is 1. The number of aliphatic hydroxyl groups excluding tert-OH is 1. The number of hydrogen-bond acceptors (Lipinski definition) is 6. The van der Waals surface area contributed by atoms with Crippen LogP contribution in [-0.4, -0.2) is 48.8 Å². The summed E-state index contributed by atoms with van der Waals surface area (Å²) in [5, 5.41) is 33.5. The molecule has 0 aliphatic rings. The Labute approximate surface area is 271 Å². The zero-order chi connectivity index (χ0) is 32.5. The third-order valence-corrected chi connectivity index (χ3v) is 7.65. The van der Waals surface area contributed by atoms with Crippen LogP contribution in [-0.2, 0) is 6.61 Å². The molecule has 0 atom stereocenters. The molecule has 0 bridgehead atoms. The van der Waals surface area contributed by atoms with Gasteiger partial charge in [-0.2, -0.15) is 0 Å². The average molecular weight is 635 g/mol. The number of ether oxygens (including phenoxy) is 1. The molecule has 2 heterocycles. The lowest BCUT2D eigenvalue weighted by molar-refractivity contribution is 0.282. The highest BCUT2D eigenvalue weighted by atomic mass is 35.5. The van der Waals surface area contributed by atoms with Gasteiger partial charge >= 0.3 is 0 Å². The molecule has 0 aliphatic heterocycles. The van der Waals surface area contributed by atoms with E-state index < -0.39 is 0 Å². The standard InChI is InChI=1S/C35H35ClN8O2/c1-18(2)39-32(37)20-5-11-28-30(14-20)43-34(41-28)25-9-7-23(13-22(25)17-45)46-24-8-10-26(27(36)16-24)35-42-29-12-6-21(15-31(29)44-35)33(38)40-19(3)4/h5-16,18-19,45H,17H2,1-4H3,(H2,37,39)(H2,38,40)(H,41,43)(H,42,44). The van der Waals surface area contributed by atoms with Gasteiger partial charge in [-0.1, -0.05) is 11.6 Å². The summed E-state index contributed by atoms with van der Waals surface area (Å²) in [7, 11) is 0. The molecule has 46 heavy (non-hydrogen) atoms. The maximum Gasteiger partial charge on any atom is 0.140 e. The van der Waals surface area contributed by atoms with Crippen LogP contribution >= 0.6 is 11.6 Å². The number of imidazole rings is 2. The van der Waals surface area contributed by atoms with Crippen molar-refractivity contribution in [2.45, 2.75) is 46.4 Å². The molecule has 0 saturated carbocycles. The summed E-state index contributed by atoms with van der Waals surface area (Å²) in [6.45, 7) is 7.77. The Morgan fingerprint density at radius 3 is 1.74 bits per heavy atom. The largest absolute Gasteiger partial charge is 0.457 e. The Hall–Kier alpha value is -5.19. The van der Waals surface area contributed by atoms with Crippen molar-refractivity contribution in [3.8, 4) is 34.3 Å². The molecule has 10 nitrogen and oxygen atoms in total. The Balaban J connectivity index is 1.21. The van der Waals surface area contributed by atoms with Gasteiger partial charge in [0.15, 0.2) is 0 Å². The predicted octanol–water partition coefficient (Wildman–Crippen LogP) is 7.36. The molecule has 6 aromatic rings. The Morgan fingerprint density at radius 2 is 1.24 bits per heavy atom. The molecule has 0 saturated heterocycles. The van der Waals surface area contributed by atoms with Gasteiger partial charge in [-0.25, -0.2) is 9.97 Å². The lowest BCUT2D eigenvalue weighted by Crippen LogP contribution is -2.30. The fourth-order valence-electron chi connectivity index (χ4n) is 5.21. The zero-order valence-electron chi connectivity index (χ0n) is 25.9. The highest BCUT2D eigenvalue weighted by Crippen LogP contribution is 2.34. The van der Waals surface area contributed by atoms with Crippen LogP contribution in [0.4, 0.5) is 0 Å². The number of H-pyrrole nitrogens is 2. The number of hydrogen-bond donors (Lipinski definition) is 7. The highest BCUT2D eigenvalue weighted by molar-refractivity contribution is 6.33. The van der Waals surface area contributed by atoms with E-state index in [4.69, 9.17) is 37.1 Å². The number of fused-ring (bicyclic) bond motifs is 2. The van der Waals surface area contributed by atoms with Gasteiger partial charge in [-0.3, -0.25) is 10.8 Å². The van der Waals surface area contributed by atoms with E-state index in [-0.39, 0.29) is 18.7 Å². The fraction of sp³-hybridized carbons (Fsp3) is 0.200. The molecule has 234 valence electrons. The van der Waals surface area contributed by atoms with Crippen molar-refractivity contribution in [1.82, 2.24) is 30.6 Å². The van der Waals surface area contributed by atoms with Crippen molar-refractivity contribution in [2.24, 2.45) is 0 Å². The maximum atomic E-state index is 10.2. The first-order valence-corrected chi connectivity index (χ1v) is 15.4. The van der Waals surface area contributed by atoms with Crippen LogP contribution in [0.3, 0.4) is 0 Å². The van der Waals surface area contributed by atoms with Crippen molar-refractivity contribution in [1.29, 1.82) is 10.8 Å². The third kappa shape index (κ3) is 6.44. The summed E-state index contributed by atoms with van der Waals surface area (Å²) in [5.41, 5.74) is 6.79. The molecule has 4 aromatic carbocycles. The summed E-state index contributed by atoms with van der Waals surface area (Å²) < 4.78 is 6.13. The lowest BCUT2D eigenvalue weighted by Gasteiger charge is -2.11. The van der Waals surface area contributed by atoms with Crippen molar-refractivity contribution < 1.29 is 9.84 Å². The van der Waals surface area contributed by atoms with Crippen LogP contribution in [0, 0.1) is 10.8 Å². The molecule has 11 heteroatoms. The third-order valence-electron chi connectivity index (χ3n) is 7.34. The van der Waals surface area contributed by atoms with Crippen molar-refractivity contribution in [3.05, 3.63) is 94.5 Å². The number of benzene rings is 4. The summed E-state index contributed by atoms with van der Waals surface area (Å²) in [4.78, 5) is 16.1. The number of rotatable bonds is 9. The molecule has 6 rings (SSSR count). The molecule has 7 N–H and O–H groups in total. The predicted molar refractivity (Wildman–Crippen MR) is 184 cm³/mol. The second-order valence-corrected chi connectivity index (χ2v) is 12.1. The molecule has 2 aromatic heterocycles. The van der Waals surface area contributed by atoms with Crippen molar-refractivity contribution in [2.75, 3.05) is 0 Å². The van der Waals surface area contributed by atoms with Crippen LogP contribution < -0.4 is 15.4 Å². The quantitative estimate of drug-likeness (QED) is 0.0650. The molecule has 0 unspecified atom stereocenters. The molecule has 0 amide bonds. The van der Waals surface area contributed by atoms with Crippen LogP contribution in [0.15, 0.2) is 72.8 Å². The van der Waals surface area contributed by atoms with E-state index in [1.165, 1.54) is 0 Å². The number of aromatic nitrogens is 4. The monoisotopic (exact) mass is 634 g/mol. The Kier molecular flexibility index (Phi) is 8.48. The first-order chi connectivity index (χ1) is 22.1. The van der Waals surface area contributed by atoms with Crippen molar-refractivity contribution >= 4 is 45.3 Å². The smallest absolute Gasteiger partial charge is 0.140 e. The van der Waals surface area contributed by atoms with E-state index in [0.29, 0.717) is 45.4 Å².